The van der Waals surface area contributed by atoms with Crippen LogP contribution < -0.4 is 16.2 Å². The SMILES string of the molecule is CCN(CCC#N)c1cccc(NN)c1[N+](=O)[O-]. The number of nitrogens with one attached hydrogen (secondary N) is 1. The van der Waals surface area contributed by atoms with Gasteiger partial charge in [0.25, 0.3) is 0 Å². The van der Waals surface area contributed by atoms with Gasteiger partial charge >= 0.3 is 5.69 Å². The molecule has 96 valence electrons. The Hall–Kier alpha value is -2.33. The van der Waals surface area contributed by atoms with Crippen LogP contribution in [0.15, 0.2) is 18.2 Å². The molecule has 18 heavy (non-hydrogen) atoms. The maximum atomic E-state index is 11.1. The number of benzene rings is 1. The van der Waals surface area contributed by atoms with E-state index in [4.69, 9.17) is 11.1 Å². The highest BCUT2D eigenvalue weighted by molar-refractivity contribution is 5.76. The lowest BCUT2D eigenvalue weighted by Gasteiger charge is -2.22. The number of hydrazine groups is 1. The van der Waals surface area contributed by atoms with Crippen LogP contribution in [0.1, 0.15) is 13.3 Å². The summed E-state index contributed by atoms with van der Waals surface area (Å²) in [6.45, 7) is 2.90. The molecule has 0 saturated carbocycles. The molecule has 7 nitrogen and oxygen atoms in total. The Balaban J connectivity index is 3.21. The van der Waals surface area contributed by atoms with E-state index < -0.39 is 4.92 Å². The van der Waals surface area contributed by atoms with Crippen molar-refractivity contribution in [3.8, 4) is 6.07 Å². The summed E-state index contributed by atoms with van der Waals surface area (Å²) >= 11 is 0. The van der Waals surface area contributed by atoms with Gasteiger partial charge < -0.3 is 10.3 Å². The van der Waals surface area contributed by atoms with E-state index in [1.54, 1.807) is 23.1 Å². The second kappa shape index (κ2) is 6.42. The van der Waals surface area contributed by atoms with Crippen molar-refractivity contribution in [3.63, 3.8) is 0 Å². The van der Waals surface area contributed by atoms with Crippen LogP contribution in [0.2, 0.25) is 0 Å². The number of nitrogen functional groups attached to an aromatic ring is 1. The highest BCUT2D eigenvalue weighted by Gasteiger charge is 2.22. The molecule has 0 spiro atoms. The van der Waals surface area contributed by atoms with Crippen molar-refractivity contribution in [2.75, 3.05) is 23.4 Å². The van der Waals surface area contributed by atoms with E-state index in [-0.39, 0.29) is 11.4 Å². The summed E-state index contributed by atoms with van der Waals surface area (Å²) < 4.78 is 0. The largest absolute Gasteiger partial charge is 0.365 e. The summed E-state index contributed by atoms with van der Waals surface area (Å²) in [6.07, 6.45) is 0.311. The van der Waals surface area contributed by atoms with Crippen LogP contribution >= 0.6 is 0 Å². The summed E-state index contributed by atoms with van der Waals surface area (Å²) in [5.41, 5.74) is 2.97. The Bertz CT molecular complexity index is 469. The van der Waals surface area contributed by atoms with E-state index in [2.05, 4.69) is 5.43 Å². The lowest BCUT2D eigenvalue weighted by atomic mass is 10.2. The number of nitrogens with two attached hydrogens (primary N) is 1. The molecule has 0 aliphatic heterocycles. The lowest BCUT2D eigenvalue weighted by Crippen LogP contribution is -2.25. The summed E-state index contributed by atoms with van der Waals surface area (Å²) in [4.78, 5) is 12.4. The van der Waals surface area contributed by atoms with Gasteiger partial charge in [-0.3, -0.25) is 16.0 Å². The van der Waals surface area contributed by atoms with Crippen molar-refractivity contribution < 1.29 is 4.92 Å². The molecule has 0 atom stereocenters. The first kappa shape index (κ1) is 13.7. The molecule has 0 bridgehead atoms. The van der Waals surface area contributed by atoms with Crippen molar-refractivity contribution in [2.45, 2.75) is 13.3 Å². The molecule has 3 N–H and O–H groups in total. The van der Waals surface area contributed by atoms with E-state index in [0.29, 0.717) is 25.2 Å². The van der Waals surface area contributed by atoms with E-state index >= 15 is 0 Å². The van der Waals surface area contributed by atoms with Crippen LogP contribution in [0.5, 0.6) is 0 Å². The van der Waals surface area contributed by atoms with Gasteiger partial charge in [0.1, 0.15) is 11.4 Å². The smallest absolute Gasteiger partial charge is 0.316 e. The molecule has 1 aromatic carbocycles. The van der Waals surface area contributed by atoms with E-state index in [9.17, 15) is 10.1 Å². The maximum Gasteiger partial charge on any atom is 0.316 e. The number of rotatable bonds is 6. The van der Waals surface area contributed by atoms with E-state index in [0.717, 1.165) is 0 Å². The molecule has 0 unspecified atom stereocenters. The molecule has 0 fully saturated rings. The van der Waals surface area contributed by atoms with Gasteiger partial charge in [-0.2, -0.15) is 5.26 Å². The first-order chi connectivity index (χ1) is 8.65. The molecule has 0 saturated heterocycles. The zero-order chi connectivity index (χ0) is 13.5. The first-order valence-electron chi connectivity index (χ1n) is 5.51. The van der Waals surface area contributed by atoms with Gasteiger partial charge in [0.05, 0.1) is 17.4 Å². The van der Waals surface area contributed by atoms with Crippen molar-refractivity contribution in [1.29, 1.82) is 5.26 Å². The van der Waals surface area contributed by atoms with E-state index in [1.165, 1.54) is 0 Å². The quantitative estimate of drug-likeness (QED) is 0.450. The van der Waals surface area contributed by atoms with Crippen molar-refractivity contribution in [3.05, 3.63) is 28.3 Å². The van der Waals surface area contributed by atoms with Crippen molar-refractivity contribution in [1.82, 2.24) is 0 Å². The third kappa shape index (κ3) is 2.87. The zero-order valence-corrected chi connectivity index (χ0v) is 10.1. The lowest BCUT2D eigenvalue weighted by molar-refractivity contribution is -0.383. The molecule has 1 aromatic rings. The van der Waals surface area contributed by atoms with Crippen molar-refractivity contribution >= 4 is 17.1 Å². The normalized spacial score (nSPS) is 9.61. The Labute approximate surface area is 105 Å². The minimum atomic E-state index is -0.473. The summed E-state index contributed by atoms with van der Waals surface area (Å²) in [6, 6.07) is 6.91. The Kier molecular flexibility index (Phi) is 4.90. The van der Waals surface area contributed by atoms with Crippen LogP contribution in [-0.2, 0) is 0 Å². The van der Waals surface area contributed by atoms with Gasteiger partial charge in [0.15, 0.2) is 0 Å². The fraction of sp³-hybridized carbons (Fsp3) is 0.364. The van der Waals surface area contributed by atoms with Crippen molar-refractivity contribution in [2.24, 2.45) is 5.84 Å². The average molecular weight is 249 g/mol. The number of para-hydroxylation sites is 1. The zero-order valence-electron chi connectivity index (χ0n) is 10.1. The number of nitriles is 1. The minimum absolute atomic E-state index is 0.0696. The number of anilines is 2. The van der Waals surface area contributed by atoms with Gasteiger partial charge in [-0.1, -0.05) is 6.07 Å². The van der Waals surface area contributed by atoms with Crippen LogP contribution in [0, 0.1) is 21.4 Å². The summed E-state index contributed by atoms with van der Waals surface area (Å²) in [5, 5.41) is 19.7. The third-order valence-corrected chi connectivity index (χ3v) is 2.57. The molecule has 0 heterocycles. The van der Waals surface area contributed by atoms with Gasteiger partial charge in [-0.15, -0.1) is 0 Å². The highest BCUT2D eigenvalue weighted by Crippen LogP contribution is 2.34. The molecule has 0 aliphatic rings. The van der Waals surface area contributed by atoms with Crippen LogP contribution in [-0.4, -0.2) is 18.0 Å². The number of hydrogen-bond acceptors (Lipinski definition) is 6. The second-order valence-corrected chi connectivity index (χ2v) is 3.56. The number of nitro groups is 1. The fourth-order valence-corrected chi connectivity index (χ4v) is 1.73. The number of hydrogen-bond donors (Lipinski definition) is 2. The van der Waals surface area contributed by atoms with Gasteiger partial charge in [0, 0.05) is 13.1 Å². The first-order valence-corrected chi connectivity index (χ1v) is 5.51. The molecule has 0 aromatic heterocycles. The van der Waals surface area contributed by atoms with Gasteiger partial charge in [-0.25, -0.2) is 0 Å². The predicted molar refractivity (Wildman–Crippen MR) is 69.0 cm³/mol. The third-order valence-electron chi connectivity index (χ3n) is 2.57. The maximum absolute atomic E-state index is 11.1. The summed E-state index contributed by atoms with van der Waals surface area (Å²) in [7, 11) is 0. The average Bonchev–Trinajstić information content (AvgIpc) is 2.38. The van der Waals surface area contributed by atoms with Gasteiger partial charge in [0.2, 0.25) is 0 Å². The Morgan fingerprint density at radius 1 is 1.61 bits per heavy atom. The molecule has 0 amide bonds. The van der Waals surface area contributed by atoms with E-state index in [1.807, 2.05) is 13.0 Å². The van der Waals surface area contributed by atoms with Crippen LogP contribution in [0.25, 0.3) is 0 Å². The Morgan fingerprint density at radius 2 is 2.33 bits per heavy atom. The summed E-state index contributed by atoms with van der Waals surface area (Å²) in [5.74, 6) is 5.27. The molecular formula is C11H15N5O2. The highest BCUT2D eigenvalue weighted by atomic mass is 16.6. The van der Waals surface area contributed by atoms with Crippen LogP contribution in [0.4, 0.5) is 17.1 Å². The monoisotopic (exact) mass is 249 g/mol. The van der Waals surface area contributed by atoms with Crippen LogP contribution in [0.3, 0.4) is 0 Å². The fourth-order valence-electron chi connectivity index (χ4n) is 1.73. The molecule has 0 aliphatic carbocycles. The Morgan fingerprint density at radius 3 is 2.83 bits per heavy atom. The standard InChI is InChI=1S/C11H15N5O2/c1-2-15(8-4-7-12)10-6-3-5-9(14-13)11(10)16(17)18/h3,5-6,14H,2,4,8,13H2,1H3. The molecular weight excluding hydrogens is 234 g/mol. The van der Waals surface area contributed by atoms with Gasteiger partial charge in [-0.05, 0) is 19.1 Å². The minimum Gasteiger partial charge on any atom is -0.365 e. The molecule has 7 heteroatoms. The predicted octanol–water partition coefficient (Wildman–Crippen LogP) is 1.62. The number of nitrogens with zero attached hydrogens (tertiary/aromatic N) is 3. The molecule has 0 radical (unpaired) electrons. The molecule has 1 rings (SSSR count). The topological polar surface area (TPSA) is 108 Å². The second-order valence-electron chi connectivity index (χ2n) is 3.56. The number of nitro benzene ring substituents is 1.